The summed E-state index contributed by atoms with van der Waals surface area (Å²) in [6.07, 6.45) is -2.46. The van der Waals surface area contributed by atoms with Gasteiger partial charge in [-0.05, 0) is 5.56 Å². The van der Waals surface area contributed by atoms with Crippen LogP contribution in [0.4, 0.5) is 8.78 Å². The lowest BCUT2D eigenvalue weighted by molar-refractivity contribution is -0.142. The molecule has 0 aliphatic heterocycles. The van der Waals surface area contributed by atoms with E-state index in [9.17, 15) is 13.6 Å². The van der Waals surface area contributed by atoms with Crippen LogP contribution >= 0.6 is 0 Å². The largest absolute Gasteiger partial charge is 0.469 e. The standard InChI is InChI=1S/C14H19F2NO3/c1-19-14(18)12(11-5-3-2-4-6-11)9-17-7-8-20-10-13(15)16/h2-6,12-13,17H,7-10H2,1H3. The smallest absolute Gasteiger partial charge is 0.314 e. The molecule has 0 fully saturated rings. The fourth-order valence-electron chi connectivity index (χ4n) is 1.73. The predicted octanol–water partition coefficient (Wildman–Crippen LogP) is 1.81. The Kier molecular flexibility index (Phi) is 7.75. The Labute approximate surface area is 117 Å². The summed E-state index contributed by atoms with van der Waals surface area (Å²) in [6, 6.07) is 9.24. The van der Waals surface area contributed by atoms with Crippen LogP contribution in [0.25, 0.3) is 0 Å². The number of nitrogens with one attached hydrogen (secondary N) is 1. The fraction of sp³-hybridized carbons (Fsp3) is 0.500. The zero-order chi connectivity index (χ0) is 14.8. The van der Waals surface area contributed by atoms with Gasteiger partial charge >= 0.3 is 5.97 Å². The van der Waals surface area contributed by atoms with E-state index >= 15 is 0 Å². The number of methoxy groups -OCH3 is 1. The van der Waals surface area contributed by atoms with E-state index in [1.54, 1.807) is 0 Å². The third kappa shape index (κ3) is 6.08. The van der Waals surface area contributed by atoms with Gasteiger partial charge in [0.1, 0.15) is 6.61 Å². The van der Waals surface area contributed by atoms with E-state index in [2.05, 4.69) is 5.32 Å². The van der Waals surface area contributed by atoms with Gasteiger partial charge in [0.25, 0.3) is 6.43 Å². The van der Waals surface area contributed by atoms with Gasteiger partial charge in [0.05, 0.1) is 19.6 Å². The molecule has 0 saturated carbocycles. The normalized spacial score (nSPS) is 12.4. The average Bonchev–Trinajstić information content (AvgIpc) is 2.46. The van der Waals surface area contributed by atoms with Crippen molar-refractivity contribution < 1.29 is 23.0 Å². The van der Waals surface area contributed by atoms with Crippen molar-refractivity contribution in [3.63, 3.8) is 0 Å². The van der Waals surface area contributed by atoms with Crippen LogP contribution in [0.5, 0.6) is 0 Å². The first-order chi connectivity index (χ1) is 9.65. The molecule has 1 unspecified atom stereocenters. The lowest BCUT2D eigenvalue weighted by atomic mass is 9.99. The van der Waals surface area contributed by atoms with E-state index < -0.39 is 19.0 Å². The second-order valence-electron chi connectivity index (χ2n) is 4.16. The number of hydrogen-bond acceptors (Lipinski definition) is 4. The van der Waals surface area contributed by atoms with Gasteiger partial charge in [-0.15, -0.1) is 0 Å². The van der Waals surface area contributed by atoms with E-state index in [4.69, 9.17) is 9.47 Å². The molecule has 0 bridgehead atoms. The van der Waals surface area contributed by atoms with Crippen LogP contribution in [0.2, 0.25) is 0 Å². The second-order valence-corrected chi connectivity index (χ2v) is 4.16. The zero-order valence-electron chi connectivity index (χ0n) is 11.4. The topological polar surface area (TPSA) is 47.6 Å². The van der Waals surface area contributed by atoms with Gasteiger partial charge in [-0.3, -0.25) is 4.79 Å². The summed E-state index contributed by atoms with van der Waals surface area (Å²) in [4.78, 5) is 11.7. The fourth-order valence-corrected chi connectivity index (χ4v) is 1.73. The maximum atomic E-state index is 11.8. The number of ether oxygens (including phenoxy) is 2. The molecule has 0 saturated heterocycles. The number of carbonyl (C=O) groups is 1. The summed E-state index contributed by atoms with van der Waals surface area (Å²) in [5, 5.41) is 3.00. The lowest BCUT2D eigenvalue weighted by Gasteiger charge is -2.15. The Morgan fingerprint density at radius 1 is 1.30 bits per heavy atom. The molecular weight excluding hydrogens is 268 g/mol. The SMILES string of the molecule is COC(=O)C(CNCCOCC(F)F)c1ccccc1. The summed E-state index contributed by atoms with van der Waals surface area (Å²) < 4.78 is 33.2. The van der Waals surface area contributed by atoms with Crippen molar-refractivity contribution >= 4 is 5.97 Å². The molecule has 0 aliphatic rings. The Bertz CT molecular complexity index is 387. The number of benzene rings is 1. The third-order valence-electron chi connectivity index (χ3n) is 2.70. The Hall–Kier alpha value is -1.53. The molecule has 0 spiro atoms. The Balaban J connectivity index is 2.37. The van der Waals surface area contributed by atoms with Crippen LogP contribution in [0, 0.1) is 0 Å². The molecule has 0 radical (unpaired) electrons. The molecule has 0 aliphatic carbocycles. The summed E-state index contributed by atoms with van der Waals surface area (Å²) in [7, 11) is 1.34. The maximum Gasteiger partial charge on any atom is 0.314 e. The number of hydrogen-bond donors (Lipinski definition) is 1. The maximum absolute atomic E-state index is 11.8. The van der Waals surface area contributed by atoms with Crippen molar-refractivity contribution in [1.29, 1.82) is 0 Å². The predicted molar refractivity (Wildman–Crippen MR) is 70.9 cm³/mol. The number of esters is 1. The highest BCUT2D eigenvalue weighted by Gasteiger charge is 2.20. The number of alkyl halides is 2. The molecule has 20 heavy (non-hydrogen) atoms. The second kappa shape index (κ2) is 9.39. The van der Waals surface area contributed by atoms with Crippen LogP contribution in [0.3, 0.4) is 0 Å². The Morgan fingerprint density at radius 2 is 2.00 bits per heavy atom. The van der Waals surface area contributed by atoms with Crippen molar-refractivity contribution in [2.45, 2.75) is 12.3 Å². The van der Waals surface area contributed by atoms with Crippen LogP contribution < -0.4 is 5.32 Å². The highest BCUT2D eigenvalue weighted by molar-refractivity contribution is 5.78. The first kappa shape index (κ1) is 16.5. The van der Waals surface area contributed by atoms with Gasteiger partial charge < -0.3 is 14.8 Å². The minimum Gasteiger partial charge on any atom is -0.469 e. The van der Waals surface area contributed by atoms with Crippen molar-refractivity contribution in [3.05, 3.63) is 35.9 Å². The molecule has 1 atom stereocenters. The Morgan fingerprint density at radius 3 is 2.60 bits per heavy atom. The third-order valence-corrected chi connectivity index (χ3v) is 2.70. The molecule has 1 N–H and O–H groups in total. The van der Waals surface area contributed by atoms with Gasteiger partial charge in [0.15, 0.2) is 0 Å². The summed E-state index contributed by atoms with van der Waals surface area (Å²) in [5.74, 6) is -0.756. The minimum atomic E-state index is -2.46. The van der Waals surface area contributed by atoms with Crippen LogP contribution in [0.15, 0.2) is 30.3 Å². The van der Waals surface area contributed by atoms with Gasteiger partial charge in [0, 0.05) is 13.1 Å². The molecule has 0 aromatic heterocycles. The van der Waals surface area contributed by atoms with Crippen molar-refractivity contribution in [1.82, 2.24) is 5.32 Å². The van der Waals surface area contributed by atoms with E-state index in [1.165, 1.54) is 7.11 Å². The molecule has 4 nitrogen and oxygen atoms in total. The van der Waals surface area contributed by atoms with Gasteiger partial charge in [-0.1, -0.05) is 30.3 Å². The highest BCUT2D eigenvalue weighted by Crippen LogP contribution is 2.16. The van der Waals surface area contributed by atoms with Crippen molar-refractivity contribution in [3.8, 4) is 0 Å². The zero-order valence-corrected chi connectivity index (χ0v) is 11.4. The molecule has 0 amide bonds. The van der Waals surface area contributed by atoms with E-state index in [1.807, 2.05) is 30.3 Å². The molecule has 1 rings (SSSR count). The van der Waals surface area contributed by atoms with Gasteiger partial charge in [-0.2, -0.15) is 0 Å². The quantitative estimate of drug-likeness (QED) is 0.556. The lowest BCUT2D eigenvalue weighted by Crippen LogP contribution is -2.30. The number of carbonyl (C=O) groups excluding carboxylic acids is 1. The molecule has 0 heterocycles. The molecule has 6 heteroatoms. The van der Waals surface area contributed by atoms with Gasteiger partial charge in [-0.25, -0.2) is 8.78 Å². The van der Waals surface area contributed by atoms with Crippen molar-refractivity contribution in [2.75, 3.05) is 33.4 Å². The molecular formula is C14H19F2NO3. The van der Waals surface area contributed by atoms with E-state index in [0.717, 1.165) is 5.56 Å². The average molecular weight is 287 g/mol. The summed E-state index contributed by atoms with van der Waals surface area (Å²) in [6.45, 7) is 0.371. The molecule has 112 valence electrons. The first-order valence-electron chi connectivity index (χ1n) is 6.34. The number of halogens is 2. The van der Waals surface area contributed by atoms with E-state index in [-0.39, 0.29) is 12.6 Å². The monoisotopic (exact) mass is 287 g/mol. The highest BCUT2D eigenvalue weighted by atomic mass is 19.3. The van der Waals surface area contributed by atoms with Gasteiger partial charge in [0.2, 0.25) is 0 Å². The van der Waals surface area contributed by atoms with Crippen LogP contribution in [-0.2, 0) is 14.3 Å². The van der Waals surface area contributed by atoms with Crippen molar-refractivity contribution in [2.24, 2.45) is 0 Å². The summed E-state index contributed by atoms with van der Waals surface area (Å²) >= 11 is 0. The number of rotatable bonds is 9. The minimum absolute atomic E-state index is 0.174. The molecule has 1 aromatic carbocycles. The van der Waals surface area contributed by atoms with E-state index in [0.29, 0.717) is 13.1 Å². The first-order valence-corrected chi connectivity index (χ1v) is 6.34. The molecule has 1 aromatic rings. The summed E-state index contributed by atoms with van der Waals surface area (Å²) in [5.41, 5.74) is 0.848. The van der Waals surface area contributed by atoms with Crippen LogP contribution in [-0.4, -0.2) is 45.8 Å². The van der Waals surface area contributed by atoms with Crippen LogP contribution in [0.1, 0.15) is 11.5 Å².